The van der Waals surface area contributed by atoms with Crippen LogP contribution < -0.4 is 22.2 Å². The molecule has 0 spiro atoms. The van der Waals surface area contributed by atoms with Gasteiger partial charge in [-0.25, -0.2) is 45.3 Å². The van der Waals surface area contributed by atoms with Crippen LogP contribution in [0, 0.1) is 0 Å². The molecular formula is C96H86F8N14O4. The molecule has 14 aromatic rings. The number of aromatic amines is 4. The Labute approximate surface area is 694 Å². The number of pyridine rings is 2. The number of aryl methyl sites for hydroxylation is 2. The van der Waals surface area contributed by atoms with Crippen molar-refractivity contribution in [2.45, 2.75) is 88.1 Å². The van der Waals surface area contributed by atoms with Gasteiger partial charge in [-0.15, -0.1) is 0 Å². The first-order valence-electron chi connectivity index (χ1n) is 40.5. The summed E-state index contributed by atoms with van der Waals surface area (Å²) in [5.74, 6) is -10.3. The molecular weight excluding hydrogens is 1570 g/mol. The summed E-state index contributed by atoms with van der Waals surface area (Å²) >= 11 is 0. The summed E-state index contributed by atoms with van der Waals surface area (Å²) in [5, 5.41) is 20.6. The molecule has 0 bridgehead atoms. The zero-order chi connectivity index (χ0) is 85.3. The van der Waals surface area contributed by atoms with Crippen LogP contribution in [0.5, 0.6) is 0 Å². The molecule has 6 aliphatic rings. The van der Waals surface area contributed by atoms with Gasteiger partial charge in [0.2, 0.25) is 0 Å². The zero-order valence-corrected chi connectivity index (χ0v) is 67.2. The minimum absolute atomic E-state index is 0.0967. The largest absolute Gasteiger partial charge is 0.371 e. The molecule has 26 heteroatoms. The molecule has 12 heterocycles. The van der Waals surface area contributed by atoms with Crippen LogP contribution in [0.15, 0.2) is 250 Å². The number of aliphatic imine (C=N–C) groups is 2. The van der Waals surface area contributed by atoms with Crippen molar-refractivity contribution in [1.29, 1.82) is 0 Å². The molecule has 4 fully saturated rings. The van der Waals surface area contributed by atoms with Crippen LogP contribution in [0.1, 0.15) is 107 Å². The van der Waals surface area contributed by atoms with E-state index in [1.165, 1.54) is 0 Å². The van der Waals surface area contributed by atoms with Crippen molar-refractivity contribution in [3.63, 3.8) is 0 Å². The summed E-state index contributed by atoms with van der Waals surface area (Å²) in [6.07, 6.45) is 9.65. The number of hydrogen-bond donors (Lipinski definition) is 4. The molecule has 18 nitrogen and oxygen atoms in total. The molecule has 620 valence electrons. The summed E-state index contributed by atoms with van der Waals surface area (Å²) in [7, 11) is 3.97. The first-order chi connectivity index (χ1) is 58.5. The lowest BCUT2D eigenvalue weighted by atomic mass is 9.96. The van der Waals surface area contributed by atoms with E-state index in [1.54, 1.807) is 30.9 Å². The predicted molar refractivity (Wildman–Crippen MR) is 468 cm³/mol. The number of likely N-dealkylation sites (tertiary alicyclic amines) is 4. The van der Waals surface area contributed by atoms with Gasteiger partial charge < -0.3 is 38.7 Å². The monoisotopic (exact) mass is 1650 g/mol. The van der Waals surface area contributed by atoms with E-state index >= 15 is 0 Å². The molecule has 122 heavy (non-hydrogen) atoms. The highest BCUT2D eigenvalue weighted by molar-refractivity contribution is 6.17. The number of rotatable bonds is 12. The van der Waals surface area contributed by atoms with Gasteiger partial charge in [-0.1, -0.05) is 99.1 Å². The van der Waals surface area contributed by atoms with Gasteiger partial charge in [0.25, 0.3) is 45.9 Å². The Hall–Kier alpha value is -13.5. The first kappa shape index (κ1) is 80.9. The van der Waals surface area contributed by atoms with Crippen molar-refractivity contribution in [1.82, 2.24) is 59.1 Å². The molecule has 8 aromatic carbocycles. The summed E-state index contributed by atoms with van der Waals surface area (Å²) in [6, 6.07) is 51.0. The first-order valence-corrected chi connectivity index (χ1v) is 40.5. The average Bonchev–Trinajstić information content (AvgIpc) is 1.62. The third-order valence-corrected chi connectivity index (χ3v) is 24.4. The van der Waals surface area contributed by atoms with Crippen LogP contribution in [0.2, 0.25) is 0 Å². The highest BCUT2D eigenvalue weighted by Crippen LogP contribution is 2.41. The highest BCUT2D eigenvalue weighted by Gasteiger charge is 2.39. The van der Waals surface area contributed by atoms with Crippen molar-refractivity contribution in [2.75, 3.05) is 52.4 Å². The number of fused-ring (bicyclic) bond motifs is 8. The zero-order valence-electron chi connectivity index (χ0n) is 67.2. The molecule has 0 unspecified atom stereocenters. The molecule has 4 N–H and O–H groups in total. The molecule has 0 aliphatic carbocycles. The number of H-pyrrole nitrogens is 4. The van der Waals surface area contributed by atoms with E-state index in [2.05, 4.69) is 97.9 Å². The van der Waals surface area contributed by atoms with E-state index < -0.39 is 23.7 Å². The van der Waals surface area contributed by atoms with Gasteiger partial charge in [0.1, 0.15) is 0 Å². The number of piperidine rings is 4. The Morgan fingerprint density at radius 2 is 0.631 bits per heavy atom. The number of nitrogens with zero attached hydrogens (tertiary/aromatic N) is 10. The molecule has 4 saturated heterocycles. The number of hydrogen-bond acceptors (Lipinski definition) is 12. The van der Waals surface area contributed by atoms with E-state index in [-0.39, 0.29) is 73.6 Å². The van der Waals surface area contributed by atoms with E-state index in [4.69, 9.17) is 9.98 Å². The molecule has 0 saturated carbocycles. The maximum Gasteiger partial charge on any atom is 0.272 e. The van der Waals surface area contributed by atoms with Crippen LogP contribution in [-0.2, 0) is 27.2 Å². The Morgan fingerprint density at radius 1 is 0.336 bits per heavy atom. The maximum absolute atomic E-state index is 13.5. The van der Waals surface area contributed by atoms with E-state index in [1.807, 2.05) is 166 Å². The second-order valence-corrected chi connectivity index (χ2v) is 32.2. The molecule has 0 atom stereocenters. The van der Waals surface area contributed by atoms with Crippen LogP contribution in [0.3, 0.4) is 0 Å². The number of halogens is 8. The second kappa shape index (κ2) is 32.2. The van der Waals surface area contributed by atoms with Crippen molar-refractivity contribution in [3.8, 4) is 22.3 Å². The molecule has 20 rings (SSSR count). The van der Waals surface area contributed by atoms with E-state index in [9.17, 15) is 54.3 Å². The predicted octanol–water partition coefficient (Wildman–Crippen LogP) is 18.7. The SMILES string of the molecule is C=C(c1ccc2c(-c3ccc4c(=O)[nH]ccc4c3)cn(C)c2c1)N1CCC(F)(F)CC1.C=C(c1ccc2c(-c3ccc4c(=O)[nH]ncc4c3)cn(C)c2c1)N1CCC(F)(F)CC1.C=C(c1ccc2c(c1)CN=C2c1ccc2c(=O)[nH]ccc2c1)N1CCC(F)(F)CC1.C=C(c1ccc2c(c1)CN=C2c1ccc2c(=O)[nH]ncc2c1)N1CCC(F)(F)CC1. The highest BCUT2D eigenvalue weighted by atomic mass is 19.3. The third kappa shape index (κ3) is 16.4. The fraction of sp³-hybridized carbons (Fsp3) is 0.250. The molecule has 0 radical (unpaired) electrons. The lowest BCUT2D eigenvalue weighted by Gasteiger charge is -2.34. The quantitative estimate of drug-likeness (QED) is 0.0852. The Bertz CT molecular complexity index is 6480. The fourth-order valence-corrected chi connectivity index (χ4v) is 17.2. The van der Waals surface area contributed by atoms with Crippen LogP contribution in [0.4, 0.5) is 35.1 Å². The van der Waals surface area contributed by atoms with Crippen molar-refractivity contribution < 1.29 is 35.1 Å². The minimum Gasteiger partial charge on any atom is -0.371 e. The van der Waals surface area contributed by atoms with E-state index in [0.29, 0.717) is 87.0 Å². The van der Waals surface area contributed by atoms with E-state index in [0.717, 1.165) is 155 Å². The van der Waals surface area contributed by atoms with Gasteiger partial charge >= 0.3 is 0 Å². The number of alkyl halides is 8. The number of aromatic nitrogens is 8. The smallest absolute Gasteiger partial charge is 0.272 e. The normalized spacial score (nSPS) is 16.9. The topological polar surface area (TPSA) is 205 Å². The molecule has 6 aromatic heterocycles. The van der Waals surface area contributed by atoms with Gasteiger partial charge in [-0.05, 0) is 140 Å². The Kier molecular flexibility index (Phi) is 21.4. The summed E-state index contributed by atoms with van der Waals surface area (Å²) in [4.78, 5) is 70.3. The van der Waals surface area contributed by atoms with Gasteiger partial charge in [0.15, 0.2) is 0 Å². The summed E-state index contributed by atoms with van der Waals surface area (Å²) in [5.41, 5.74) is 20.4. The standard InChI is InChI=1S/C25H23F2N3O.C24H22F2N4O.C24H21F2N3O.C23H20F2N4O/c1-16(30-11-8-25(26,27)9-12-30)17-3-6-21-22(15-29(2)23(21)14-17)18-4-5-20-19(13-18)7-10-28-24(20)31;1-15(30-9-7-24(25,26)8-10-30)16-3-6-20-21(14-29(2)22(20)12-16)17-4-5-19-18(11-17)13-27-28-23(19)31;1-15(29-10-7-24(25,26)8-11-29)16-2-4-20-19(12-16)14-28-22(20)18-3-5-21-17(13-18)6-9-27-23(21)30;1-14(29-8-6-23(24,25)7-9-29)15-2-4-19-17(10-15)12-26-21(19)16-3-5-20-18(11-16)13-27-28-22(20)30/h3-7,10,13-15H,1,8-9,11-12H2,2H3,(H,28,31);3-6,11-14H,1,7-10H2,2H3,(H,28,31);2-6,9,12-13H,1,7-8,10-11,14H2,(H,27,30);2-5,10-11,13H,1,6-9,12H2,(H,28,30). The maximum atomic E-state index is 13.5. The van der Waals surface area contributed by atoms with Crippen LogP contribution in [-0.4, -0.2) is 147 Å². The van der Waals surface area contributed by atoms with Gasteiger partial charge in [0, 0.05) is 242 Å². The van der Waals surface area contributed by atoms with Crippen molar-refractivity contribution >= 4 is 99.1 Å². The lowest BCUT2D eigenvalue weighted by molar-refractivity contribution is -0.0456. The Morgan fingerprint density at radius 3 is 0.992 bits per heavy atom. The lowest BCUT2D eigenvalue weighted by Crippen LogP contribution is -2.38. The van der Waals surface area contributed by atoms with Gasteiger partial charge in [-0.2, -0.15) is 10.2 Å². The van der Waals surface area contributed by atoms with Gasteiger partial charge in [-0.3, -0.25) is 29.2 Å². The Balaban J connectivity index is 0.000000116. The van der Waals surface area contributed by atoms with Gasteiger partial charge in [0.05, 0.1) is 47.7 Å². The molecule has 6 aliphatic heterocycles. The van der Waals surface area contributed by atoms with Crippen molar-refractivity contribution in [3.05, 3.63) is 318 Å². The second-order valence-electron chi connectivity index (χ2n) is 32.2. The van der Waals surface area contributed by atoms with Crippen LogP contribution >= 0.6 is 0 Å². The fourth-order valence-electron chi connectivity index (χ4n) is 17.2. The minimum atomic E-state index is -2.58. The molecule has 0 amide bonds. The third-order valence-electron chi connectivity index (χ3n) is 24.4. The van der Waals surface area contributed by atoms with Crippen LogP contribution in [0.25, 0.3) is 110 Å². The number of nitrogens with one attached hydrogen (secondary N) is 4. The number of benzene rings is 8. The summed E-state index contributed by atoms with van der Waals surface area (Å²) < 4.78 is 112. The summed E-state index contributed by atoms with van der Waals surface area (Å²) in [6.45, 7) is 20.3. The average molecular weight is 1650 g/mol. The van der Waals surface area contributed by atoms with Crippen molar-refractivity contribution in [2.24, 2.45) is 24.1 Å².